The zero-order chi connectivity index (χ0) is 14.8. The lowest BCUT2D eigenvalue weighted by Crippen LogP contribution is -2.38. The molecule has 1 aliphatic heterocycles. The molecule has 0 radical (unpaired) electrons. The summed E-state index contributed by atoms with van der Waals surface area (Å²) in [5.41, 5.74) is 5.97. The van der Waals surface area contributed by atoms with Gasteiger partial charge in [0.1, 0.15) is 4.90 Å². The molecule has 0 aromatic heterocycles. The Labute approximate surface area is 116 Å². The number of nitrogen functional groups attached to an aromatic ring is 1. The van der Waals surface area contributed by atoms with Gasteiger partial charge in [-0.05, 0) is 24.6 Å². The number of anilines is 1. The average molecular weight is 294 g/mol. The van der Waals surface area contributed by atoms with Crippen LogP contribution in [-0.2, 0) is 14.8 Å². The third-order valence-corrected chi connectivity index (χ3v) is 4.53. The van der Waals surface area contributed by atoms with Gasteiger partial charge >= 0.3 is 0 Å². The topological polar surface area (TPSA) is 125 Å². The van der Waals surface area contributed by atoms with Crippen LogP contribution in [0.2, 0.25) is 0 Å². The monoisotopic (exact) mass is 294 g/mol. The van der Waals surface area contributed by atoms with Gasteiger partial charge in [-0.2, -0.15) is 5.26 Å². The molecule has 1 unspecified atom stereocenters. The van der Waals surface area contributed by atoms with Crippen LogP contribution in [0.3, 0.4) is 0 Å². The highest BCUT2D eigenvalue weighted by atomic mass is 32.2. The molecule has 0 bridgehead atoms. The summed E-state index contributed by atoms with van der Waals surface area (Å²) in [4.78, 5) is 11.0. The van der Waals surface area contributed by atoms with Gasteiger partial charge in [0.05, 0.1) is 17.3 Å². The van der Waals surface area contributed by atoms with Crippen LogP contribution in [0, 0.1) is 11.3 Å². The number of hydrogen-bond acceptors (Lipinski definition) is 5. The highest BCUT2D eigenvalue weighted by molar-refractivity contribution is 7.89. The first-order valence-corrected chi connectivity index (χ1v) is 7.49. The molecule has 1 fully saturated rings. The van der Waals surface area contributed by atoms with Gasteiger partial charge in [-0.3, -0.25) is 4.79 Å². The fourth-order valence-corrected chi connectivity index (χ4v) is 3.17. The maximum Gasteiger partial charge on any atom is 0.242 e. The SMILES string of the molecule is N#Cc1ccc(S(=O)(=O)NCC2CCC(=O)N2)c(N)c1. The number of carbonyl (C=O) groups is 1. The second-order valence-corrected chi connectivity index (χ2v) is 6.25. The van der Waals surface area contributed by atoms with Crippen molar-refractivity contribution in [2.24, 2.45) is 0 Å². The van der Waals surface area contributed by atoms with Gasteiger partial charge < -0.3 is 11.1 Å². The van der Waals surface area contributed by atoms with E-state index in [9.17, 15) is 13.2 Å². The van der Waals surface area contributed by atoms with E-state index in [4.69, 9.17) is 11.0 Å². The molecule has 1 amide bonds. The number of carbonyl (C=O) groups excluding carboxylic acids is 1. The molecule has 1 atom stereocenters. The predicted molar refractivity (Wildman–Crippen MR) is 71.9 cm³/mol. The zero-order valence-corrected chi connectivity index (χ0v) is 11.4. The lowest BCUT2D eigenvalue weighted by Gasteiger charge is -2.13. The van der Waals surface area contributed by atoms with Crippen molar-refractivity contribution < 1.29 is 13.2 Å². The molecule has 106 valence electrons. The fraction of sp³-hybridized carbons (Fsp3) is 0.333. The first kappa shape index (κ1) is 14.3. The lowest BCUT2D eigenvalue weighted by molar-refractivity contribution is -0.119. The highest BCUT2D eigenvalue weighted by Gasteiger charge is 2.24. The molecule has 8 heteroatoms. The summed E-state index contributed by atoms with van der Waals surface area (Å²) in [5, 5.41) is 11.4. The van der Waals surface area contributed by atoms with E-state index in [2.05, 4.69) is 10.0 Å². The molecule has 1 aromatic rings. The van der Waals surface area contributed by atoms with Crippen molar-refractivity contribution in [2.75, 3.05) is 12.3 Å². The van der Waals surface area contributed by atoms with E-state index in [1.54, 1.807) is 0 Å². The summed E-state index contributed by atoms with van der Waals surface area (Å²) in [6, 6.07) is 5.69. The van der Waals surface area contributed by atoms with Crippen LogP contribution >= 0.6 is 0 Å². The lowest BCUT2D eigenvalue weighted by atomic mass is 10.2. The van der Waals surface area contributed by atoms with Gasteiger partial charge in [-0.25, -0.2) is 13.1 Å². The standard InChI is InChI=1S/C12H14N4O3S/c13-6-8-1-3-11(10(14)5-8)20(18,19)15-7-9-2-4-12(17)16-9/h1,3,5,9,15H,2,4,7,14H2,(H,16,17). The first-order chi connectivity index (χ1) is 9.42. The number of nitriles is 1. The quantitative estimate of drug-likeness (QED) is 0.657. The Bertz CT molecular complexity index is 678. The summed E-state index contributed by atoms with van der Waals surface area (Å²) in [7, 11) is -3.76. The van der Waals surface area contributed by atoms with Crippen molar-refractivity contribution in [1.82, 2.24) is 10.0 Å². The Hall–Kier alpha value is -2.11. The normalized spacial score (nSPS) is 18.6. The van der Waals surface area contributed by atoms with Crippen molar-refractivity contribution in [3.8, 4) is 6.07 Å². The second-order valence-electron chi connectivity index (χ2n) is 4.52. The van der Waals surface area contributed by atoms with E-state index in [0.717, 1.165) is 0 Å². The maximum atomic E-state index is 12.1. The van der Waals surface area contributed by atoms with Crippen molar-refractivity contribution in [2.45, 2.75) is 23.8 Å². The van der Waals surface area contributed by atoms with Crippen molar-refractivity contribution in [1.29, 1.82) is 5.26 Å². The minimum Gasteiger partial charge on any atom is -0.398 e. The summed E-state index contributed by atoms with van der Waals surface area (Å²) < 4.78 is 26.6. The molecule has 1 aliphatic rings. The van der Waals surface area contributed by atoms with Crippen molar-refractivity contribution in [3.05, 3.63) is 23.8 Å². The molecule has 0 aliphatic carbocycles. The third-order valence-electron chi connectivity index (χ3n) is 3.03. The number of nitrogens with one attached hydrogen (secondary N) is 2. The van der Waals surface area contributed by atoms with E-state index in [0.29, 0.717) is 18.4 Å². The molecule has 1 heterocycles. The van der Waals surface area contributed by atoms with Crippen LogP contribution in [-0.4, -0.2) is 26.9 Å². The van der Waals surface area contributed by atoms with Gasteiger partial charge in [0.25, 0.3) is 0 Å². The van der Waals surface area contributed by atoms with E-state index in [1.165, 1.54) is 18.2 Å². The molecule has 7 nitrogen and oxygen atoms in total. The second kappa shape index (κ2) is 5.48. The van der Waals surface area contributed by atoms with Gasteiger partial charge in [0.2, 0.25) is 15.9 Å². The van der Waals surface area contributed by atoms with Crippen LogP contribution in [0.5, 0.6) is 0 Å². The molecule has 1 saturated heterocycles. The Morgan fingerprint density at radius 2 is 2.25 bits per heavy atom. The van der Waals surface area contributed by atoms with Crippen LogP contribution in [0.1, 0.15) is 18.4 Å². The van der Waals surface area contributed by atoms with Gasteiger partial charge in [0, 0.05) is 19.0 Å². The summed E-state index contributed by atoms with van der Waals surface area (Å²) in [5.74, 6) is -0.0768. The number of nitrogens with zero attached hydrogens (tertiary/aromatic N) is 1. The number of rotatable bonds is 4. The highest BCUT2D eigenvalue weighted by Crippen LogP contribution is 2.19. The number of hydrogen-bond donors (Lipinski definition) is 3. The largest absolute Gasteiger partial charge is 0.398 e. The predicted octanol–water partition coefficient (Wildman–Crippen LogP) is -0.303. The van der Waals surface area contributed by atoms with Crippen molar-refractivity contribution in [3.63, 3.8) is 0 Å². The van der Waals surface area contributed by atoms with E-state index in [-0.39, 0.29) is 29.1 Å². The Morgan fingerprint density at radius 3 is 2.80 bits per heavy atom. The molecule has 4 N–H and O–H groups in total. The van der Waals surface area contributed by atoms with E-state index in [1.807, 2.05) is 6.07 Å². The summed E-state index contributed by atoms with van der Waals surface area (Å²) >= 11 is 0. The molecule has 2 rings (SSSR count). The van der Waals surface area contributed by atoms with E-state index < -0.39 is 10.0 Å². The zero-order valence-electron chi connectivity index (χ0n) is 10.6. The first-order valence-electron chi connectivity index (χ1n) is 6.01. The van der Waals surface area contributed by atoms with Gasteiger partial charge in [-0.1, -0.05) is 0 Å². The van der Waals surface area contributed by atoms with E-state index >= 15 is 0 Å². The summed E-state index contributed by atoms with van der Waals surface area (Å²) in [6.45, 7) is 0.119. The molecular weight excluding hydrogens is 280 g/mol. The Balaban J connectivity index is 2.10. The van der Waals surface area contributed by atoms with Crippen LogP contribution < -0.4 is 15.8 Å². The number of nitrogens with two attached hydrogens (primary N) is 1. The summed E-state index contributed by atoms with van der Waals surface area (Å²) in [6.07, 6.45) is 1.01. The Kier molecular flexibility index (Phi) is 3.92. The average Bonchev–Trinajstić information content (AvgIpc) is 2.82. The molecular formula is C12H14N4O3S. The third kappa shape index (κ3) is 3.07. The fourth-order valence-electron chi connectivity index (χ4n) is 1.98. The molecule has 0 saturated carbocycles. The number of sulfonamides is 1. The number of benzene rings is 1. The molecule has 1 aromatic carbocycles. The molecule has 20 heavy (non-hydrogen) atoms. The van der Waals surface area contributed by atoms with Gasteiger partial charge in [-0.15, -0.1) is 0 Å². The molecule has 0 spiro atoms. The smallest absolute Gasteiger partial charge is 0.242 e. The number of amides is 1. The Morgan fingerprint density at radius 1 is 1.50 bits per heavy atom. The minimum atomic E-state index is -3.76. The van der Waals surface area contributed by atoms with Crippen molar-refractivity contribution >= 4 is 21.6 Å². The van der Waals surface area contributed by atoms with Crippen LogP contribution in [0.4, 0.5) is 5.69 Å². The van der Waals surface area contributed by atoms with Crippen LogP contribution in [0.15, 0.2) is 23.1 Å². The van der Waals surface area contributed by atoms with Gasteiger partial charge in [0.15, 0.2) is 0 Å². The van der Waals surface area contributed by atoms with Crippen LogP contribution in [0.25, 0.3) is 0 Å². The maximum absolute atomic E-state index is 12.1. The minimum absolute atomic E-state index is 0.0204.